The number of aliphatic hydroxyl groups excluding tert-OH is 1. The lowest BCUT2D eigenvalue weighted by atomic mass is 9.84. The van der Waals surface area contributed by atoms with Gasteiger partial charge in [0.15, 0.2) is 0 Å². The maximum atomic E-state index is 10.1. The number of pyridine rings is 1. The van der Waals surface area contributed by atoms with Crippen LogP contribution in [-0.2, 0) is 9.59 Å². The Balaban J connectivity index is 0.000000396. The van der Waals surface area contributed by atoms with Crippen LogP contribution < -0.4 is 5.32 Å². The number of nitrogens with one attached hydrogen (secondary N) is 1. The van der Waals surface area contributed by atoms with E-state index in [-0.39, 0.29) is 0 Å². The van der Waals surface area contributed by atoms with Gasteiger partial charge in [-0.3, -0.25) is 9.59 Å². The van der Waals surface area contributed by atoms with Crippen LogP contribution in [0.2, 0.25) is 0 Å². The van der Waals surface area contributed by atoms with E-state index in [1.165, 1.54) is 0 Å². The smallest absolute Gasteiger partial charge is 0.314 e. The maximum Gasteiger partial charge on any atom is 0.314 e. The molecule has 30 heavy (non-hydrogen) atoms. The van der Waals surface area contributed by atoms with Gasteiger partial charge >= 0.3 is 11.9 Å². The minimum atomic E-state index is -1.31. The van der Waals surface area contributed by atoms with Gasteiger partial charge in [0.2, 0.25) is 0 Å². The molecule has 1 fully saturated rings. The number of nitriles is 1. The standard InChI is InChI=1S/C17H23N5O.C3H4O4/c1-11(23)17-21-14-10-20-16(19-2)9-15(14)22(17)13-5-3-12(4-6-13)7-8-18;4-2(5)1-3(6)7/h9-13,23H,3-7H2,1-2H3,(H,19,20);1H2,(H,4,5)(H,6,7). The summed E-state index contributed by atoms with van der Waals surface area (Å²) < 4.78 is 2.19. The quantitative estimate of drug-likeness (QED) is 0.518. The van der Waals surface area contributed by atoms with Gasteiger partial charge in [-0.1, -0.05) is 0 Å². The summed E-state index contributed by atoms with van der Waals surface area (Å²) in [6.07, 6.45) is 5.14. The van der Waals surface area contributed by atoms with Gasteiger partial charge < -0.3 is 25.2 Å². The number of rotatable bonds is 6. The van der Waals surface area contributed by atoms with Crippen LogP contribution in [-0.4, -0.2) is 48.8 Å². The average molecular weight is 417 g/mol. The van der Waals surface area contributed by atoms with Crippen LogP contribution >= 0.6 is 0 Å². The maximum absolute atomic E-state index is 10.1. The predicted molar refractivity (Wildman–Crippen MR) is 109 cm³/mol. The van der Waals surface area contributed by atoms with Crippen LogP contribution in [0, 0.1) is 17.2 Å². The lowest BCUT2D eigenvalue weighted by Gasteiger charge is -2.30. The summed E-state index contributed by atoms with van der Waals surface area (Å²) in [5.74, 6) is -0.608. The molecule has 2 heterocycles. The normalized spacial score (nSPS) is 19.3. The molecule has 1 saturated carbocycles. The number of carboxylic acid groups (broad SMARTS) is 2. The molecule has 1 atom stereocenters. The first kappa shape index (κ1) is 23.1. The predicted octanol–water partition coefficient (Wildman–Crippen LogP) is 2.72. The Morgan fingerprint density at radius 1 is 1.30 bits per heavy atom. The van der Waals surface area contributed by atoms with Crippen LogP contribution in [0.15, 0.2) is 12.3 Å². The van der Waals surface area contributed by atoms with Gasteiger partial charge in [-0.05, 0) is 38.5 Å². The fraction of sp³-hybridized carbons (Fsp3) is 0.550. The van der Waals surface area contributed by atoms with Crippen LogP contribution in [0.4, 0.5) is 5.82 Å². The third-order valence-electron chi connectivity index (χ3n) is 5.10. The Morgan fingerprint density at radius 2 is 1.93 bits per heavy atom. The van der Waals surface area contributed by atoms with E-state index >= 15 is 0 Å². The van der Waals surface area contributed by atoms with Crippen molar-refractivity contribution in [2.24, 2.45) is 5.92 Å². The highest BCUT2D eigenvalue weighted by Gasteiger charge is 2.27. The Labute approximate surface area is 174 Å². The lowest BCUT2D eigenvalue weighted by molar-refractivity contribution is -0.147. The van der Waals surface area contributed by atoms with Crippen LogP contribution in [0.3, 0.4) is 0 Å². The summed E-state index contributed by atoms with van der Waals surface area (Å²) in [6, 6.07) is 4.61. The molecule has 0 spiro atoms. The molecule has 10 nitrogen and oxygen atoms in total. The monoisotopic (exact) mass is 417 g/mol. The van der Waals surface area contributed by atoms with E-state index in [1.54, 1.807) is 13.1 Å². The third kappa shape index (κ3) is 5.90. The number of imidazole rings is 1. The molecule has 1 aliphatic rings. The summed E-state index contributed by atoms with van der Waals surface area (Å²) in [5.41, 5.74) is 1.84. The third-order valence-corrected chi connectivity index (χ3v) is 5.10. The second kappa shape index (κ2) is 10.5. The molecule has 4 N–H and O–H groups in total. The molecule has 0 radical (unpaired) electrons. The molecule has 10 heteroatoms. The zero-order valence-corrected chi connectivity index (χ0v) is 17.1. The molecule has 0 aromatic carbocycles. The number of carbonyl (C=O) groups is 2. The van der Waals surface area contributed by atoms with Crippen molar-refractivity contribution in [2.75, 3.05) is 12.4 Å². The Bertz CT molecular complexity index is 914. The largest absolute Gasteiger partial charge is 0.481 e. The van der Waals surface area contributed by atoms with E-state index in [4.69, 9.17) is 15.5 Å². The molecular formula is C20H27N5O5. The molecule has 0 amide bonds. The topological polar surface area (TPSA) is 161 Å². The van der Waals surface area contributed by atoms with Crippen molar-refractivity contribution in [2.45, 2.75) is 57.6 Å². The summed E-state index contributed by atoms with van der Waals surface area (Å²) in [5, 5.41) is 37.5. The highest BCUT2D eigenvalue weighted by atomic mass is 16.4. The van der Waals surface area contributed by atoms with Crippen LogP contribution in [0.5, 0.6) is 0 Å². The van der Waals surface area contributed by atoms with Gasteiger partial charge in [-0.25, -0.2) is 9.97 Å². The van der Waals surface area contributed by atoms with Crippen LogP contribution in [0.1, 0.15) is 63.4 Å². The molecule has 1 aliphatic carbocycles. The molecule has 2 aromatic rings. The second-order valence-electron chi connectivity index (χ2n) is 7.33. The number of nitrogens with zero attached hydrogens (tertiary/aromatic N) is 4. The van der Waals surface area contributed by atoms with Crippen molar-refractivity contribution in [1.82, 2.24) is 14.5 Å². The van der Waals surface area contributed by atoms with Crippen molar-refractivity contribution in [3.8, 4) is 6.07 Å². The van der Waals surface area contributed by atoms with E-state index in [0.29, 0.717) is 24.2 Å². The van der Waals surface area contributed by atoms with Crippen molar-refractivity contribution < 1.29 is 24.9 Å². The van der Waals surface area contributed by atoms with Crippen molar-refractivity contribution in [3.05, 3.63) is 18.1 Å². The highest BCUT2D eigenvalue weighted by molar-refractivity contribution is 5.88. The number of fused-ring (bicyclic) bond motifs is 1. The molecule has 0 aliphatic heterocycles. The molecule has 162 valence electrons. The van der Waals surface area contributed by atoms with Gasteiger partial charge in [-0.2, -0.15) is 5.26 Å². The Hall–Kier alpha value is -3.19. The average Bonchev–Trinajstić information content (AvgIpc) is 3.07. The first-order valence-corrected chi connectivity index (χ1v) is 9.81. The summed E-state index contributed by atoms with van der Waals surface area (Å²) in [6.45, 7) is 1.76. The van der Waals surface area contributed by atoms with E-state index in [2.05, 4.69) is 25.9 Å². The van der Waals surface area contributed by atoms with Crippen LogP contribution in [0.25, 0.3) is 11.0 Å². The minimum absolute atomic E-state index is 0.326. The number of aliphatic carboxylic acids is 2. The molecule has 3 rings (SSSR count). The van der Waals surface area contributed by atoms with E-state index in [1.807, 2.05) is 13.1 Å². The minimum Gasteiger partial charge on any atom is -0.481 e. The Kier molecular flexibility index (Phi) is 8.12. The Morgan fingerprint density at radius 3 is 2.40 bits per heavy atom. The number of hydrogen-bond donors (Lipinski definition) is 4. The van der Waals surface area contributed by atoms with Crippen molar-refractivity contribution >= 4 is 28.8 Å². The van der Waals surface area contributed by atoms with Crippen molar-refractivity contribution in [1.29, 1.82) is 5.26 Å². The molecule has 0 saturated heterocycles. The fourth-order valence-electron chi connectivity index (χ4n) is 3.70. The zero-order chi connectivity index (χ0) is 22.3. The lowest BCUT2D eigenvalue weighted by Crippen LogP contribution is -2.20. The second-order valence-corrected chi connectivity index (χ2v) is 7.33. The zero-order valence-electron chi connectivity index (χ0n) is 17.1. The SMILES string of the molecule is CNc1cc2c(cn1)nc(C(C)O)n2C1CCC(CC#N)CC1.O=C(O)CC(=O)O. The summed E-state index contributed by atoms with van der Waals surface area (Å²) in [7, 11) is 1.84. The summed E-state index contributed by atoms with van der Waals surface area (Å²) >= 11 is 0. The van der Waals surface area contributed by atoms with Gasteiger partial charge in [-0.15, -0.1) is 0 Å². The number of hydrogen-bond acceptors (Lipinski definition) is 7. The number of aromatic nitrogens is 3. The highest BCUT2D eigenvalue weighted by Crippen LogP contribution is 2.37. The van der Waals surface area contributed by atoms with Gasteiger partial charge in [0.25, 0.3) is 0 Å². The van der Waals surface area contributed by atoms with Gasteiger partial charge in [0.05, 0.1) is 17.8 Å². The van der Waals surface area contributed by atoms with Gasteiger partial charge in [0.1, 0.15) is 29.7 Å². The van der Waals surface area contributed by atoms with Gasteiger partial charge in [0, 0.05) is 25.6 Å². The van der Waals surface area contributed by atoms with E-state index in [9.17, 15) is 14.7 Å². The fourth-order valence-corrected chi connectivity index (χ4v) is 3.70. The molecule has 1 unspecified atom stereocenters. The number of carboxylic acids is 2. The first-order chi connectivity index (χ1) is 14.3. The molecule has 2 aromatic heterocycles. The summed E-state index contributed by atoms with van der Waals surface area (Å²) in [4.78, 5) is 27.8. The molecule has 0 bridgehead atoms. The van der Waals surface area contributed by atoms with Crippen molar-refractivity contribution in [3.63, 3.8) is 0 Å². The first-order valence-electron chi connectivity index (χ1n) is 9.81. The van der Waals surface area contributed by atoms with E-state index in [0.717, 1.165) is 42.5 Å². The number of aliphatic hydroxyl groups is 1. The van der Waals surface area contributed by atoms with E-state index < -0.39 is 24.5 Å². The number of anilines is 1. The molecular weight excluding hydrogens is 390 g/mol.